The third-order valence-corrected chi connectivity index (χ3v) is 4.90. The molecule has 2 aromatic rings. The van der Waals surface area contributed by atoms with Gasteiger partial charge in [0.05, 0.1) is 12.1 Å². The van der Waals surface area contributed by atoms with Gasteiger partial charge in [0.1, 0.15) is 6.61 Å². The summed E-state index contributed by atoms with van der Waals surface area (Å²) in [6.07, 6.45) is 5.62. The molecule has 4 nitrogen and oxygen atoms in total. The lowest BCUT2D eigenvalue weighted by Gasteiger charge is -2.20. The topological polar surface area (TPSA) is 47.6 Å². The van der Waals surface area contributed by atoms with Crippen LogP contribution in [-0.2, 0) is 20.9 Å². The number of terminal acetylenes is 1. The van der Waals surface area contributed by atoms with Crippen molar-refractivity contribution in [3.8, 4) is 12.3 Å². The lowest BCUT2D eigenvalue weighted by molar-refractivity contribution is -0.135. The monoisotopic (exact) mass is 459 g/mol. The van der Waals surface area contributed by atoms with Gasteiger partial charge in [-0.15, -0.1) is 6.42 Å². The summed E-state index contributed by atoms with van der Waals surface area (Å²) in [4.78, 5) is 12.3. The van der Waals surface area contributed by atoms with E-state index in [1.807, 2.05) is 30.3 Å². The maximum atomic E-state index is 12.3. The summed E-state index contributed by atoms with van der Waals surface area (Å²) in [6.45, 7) is 4.20. The van der Waals surface area contributed by atoms with Gasteiger partial charge >= 0.3 is 5.97 Å². The normalized spacial score (nSPS) is 11.1. The van der Waals surface area contributed by atoms with Crippen LogP contribution in [0.5, 0.6) is 0 Å². The number of ether oxygens (including phenoxy) is 2. The molecule has 6 heteroatoms. The van der Waals surface area contributed by atoms with E-state index in [9.17, 15) is 4.79 Å². The average Bonchev–Trinajstić information content (AvgIpc) is 2.72. The van der Waals surface area contributed by atoms with Crippen molar-refractivity contribution in [2.75, 3.05) is 14.2 Å². The number of methoxy groups -OCH3 is 1. The van der Waals surface area contributed by atoms with Gasteiger partial charge in [-0.1, -0.05) is 70.4 Å². The minimum absolute atomic E-state index is 0.0661. The summed E-state index contributed by atoms with van der Waals surface area (Å²) in [7, 11) is 2.99. The molecule has 0 saturated heterocycles. The van der Waals surface area contributed by atoms with Gasteiger partial charge in [0.2, 0.25) is 0 Å². The molecule has 0 unspecified atom stereocenters. The highest BCUT2D eigenvalue weighted by Crippen LogP contribution is 2.38. The molecule has 0 aliphatic heterocycles. The van der Waals surface area contributed by atoms with Crippen molar-refractivity contribution in [2.24, 2.45) is 0 Å². The number of nitrogens with one attached hydrogen (secondary N) is 1. The first-order chi connectivity index (χ1) is 13.4. The molecule has 0 atom stereocenters. The molecule has 0 heterocycles. The lowest BCUT2D eigenvalue weighted by atomic mass is 10.00. The van der Waals surface area contributed by atoms with E-state index in [4.69, 9.17) is 27.5 Å². The second-order valence-electron chi connectivity index (χ2n) is 5.62. The average molecular weight is 461 g/mol. The van der Waals surface area contributed by atoms with Crippen LogP contribution in [0.2, 0.25) is 5.02 Å². The van der Waals surface area contributed by atoms with Crippen molar-refractivity contribution in [2.45, 2.75) is 6.61 Å². The lowest BCUT2D eigenvalue weighted by Crippen LogP contribution is -2.12. The van der Waals surface area contributed by atoms with E-state index in [-0.39, 0.29) is 17.9 Å². The molecule has 144 valence electrons. The molecule has 0 bridgehead atoms. The molecule has 0 fully saturated rings. The van der Waals surface area contributed by atoms with Crippen molar-refractivity contribution in [1.29, 1.82) is 0 Å². The highest BCUT2D eigenvalue weighted by molar-refractivity contribution is 9.10. The van der Waals surface area contributed by atoms with Gasteiger partial charge in [0.25, 0.3) is 0 Å². The van der Waals surface area contributed by atoms with Crippen LogP contribution in [0.3, 0.4) is 0 Å². The van der Waals surface area contributed by atoms with Crippen LogP contribution in [0.4, 0.5) is 0 Å². The summed E-state index contributed by atoms with van der Waals surface area (Å²) in [6, 6.07) is 13.0. The van der Waals surface area contributed by atoms with Crippen molar-refractivity contribution in [3.63, 3.8) is 0 Å². The Hall–Kier alpha value is -2.68. The minimum Gasteiger partial charge on any atom is -0.487 e. The number of halogens is 2. The standard InChI is InChI=1S/C22H19BrClNO3/c1-5-16(22(26)27-4)21(28-13-15-9-7-6-8-10-15)20-18(24)12-11-17(23)19(20)14(2)25-3/h1,6-12,25H,2,13H2,3-4H3/b21-16-. The summed E-state index contributed by atoms with van der Waals surface area (Å²) < 4.78 is 11.6. The largest absolute Gasteiger partial charge is 0.487 e. The first-order valence-corrected chi connectivity index (χ1v) is 9.43. The number of hydrogen-bond acceptors (Lipinski definition) is 4. The van der Waals surface area contributed by atoms with E-state index in [2.05, 4.69) is 33.7 Å². The molecule has 0 aliphatic carbocycles. The number of carbonyl (C=O) groups is 1. The van der Waals surface area contributed by atoms with E-state index >= 15 is 0 Å². The van der Waals surface area contributed by atoms with Gasteiger partial charge < -0.3 is 14.8 Å². The molecule has 28 heavy (non-hydrogen) atoms. The van der Waals surface area contributed by atoms with Crippen LogP contribution < -0.4 is 5.32 Å². The number of esters is 1. The maximum absolute atomic E-state index is 12.3. The first kappa shape index (κ1) is 21.6. The smallest absolute Gasteiger partial charge is 0.350 e. The van der Waals surface area contributed by atoms with Crippen LogP contribution in [0.1, 0.15) is 16.7 Å². The van der Waals surface area contributed by atoms with Gasteiger partial charge in [-0.3, -0.25) is 0 Å². The highest BCUT2D eigenvalue weighted by atomic mass is 79.9. The Morgan fingerprint density at radius 3 is 2.50 bits per heavy atom. The van der Waals surface area contributed by atoms with Crippen LogP contribution in [-0.4, -0.2) is 20.1 Å². The number of benzene rings is 2. The number of rotatable bonds is 7. The summed E-state index contributed by atoms with van der Waals surface area (Å²) >= 11 is 10.0. The Morgan fingerprint density at radius 2 is 1.93 bits per heavy atom. The van der Waals surface area contributed by atoms with Crippen molar-refractivity contribution in [3.05, 3.63) is 80.8 Å². The second-order valence-corrected chi connectivity index (χ2v) is 6.88. The molecule has 0 spiro atoms. The van der Waals surface area contributed by atoms with E-state index < -0.39 is 5.97 Å². The Morgan fingerprint density at radius 1 is 1.25 bits per heavy atom. The fourth-order valence-corrected chi connectivity index (χ4v) is 3.33. The van der Waals surface area contributed by atoms with Crippen LogP contribution in [0, 0.1) is 12.3 Å². The molecule has 2 aromatic carbocycles. The Labute approximate surface area is 178 Å². The van der Waals surface area contributed by atoms with Crippen LogP contribution in [0.15, 0.2) is 59.1 Å². The van der Waals surface area contributed by atoms with Crippen molar-refractivity contribution < 1.29 is 14.3 Å². The van der Waals surface area contributed by atoms with Gasteiger partial charge in [0.15, 0.2) is 11.3 Å². The van der Waals surface area contributed by atoms with Gasteiger partial charge in [-0.25, -0.2) is 4.79 Å². The zero-order valence-corrected chi connectivity index (χ0v) is 17.9. The molecule has 1 N–H and O–H groups in total. The van der Waals surface area contributed by atoms with Crippen LogP contribution in [0.25, 0.3) is 11.5 Å². The summed E-state index contributed by atoms with van der Waals surface area (Å²) in [5, 5.41) is 3.35. The van der Waals surface area contributed by atoms with Gasteiger partial charge in [-0.2, -0.15) is 0 Å². The fourth-order valence-electron chi connectivity index (χ4n) is 2.51. The van der Waals surface area contributed by atoms with Gasteiger partial charge in [-0.05, 0) is 17.7 Å². The Kier molecular flexibility index (Phi) is 7.74. The minimum atomic E-state index is -0.692. The number of hydrogen-bond donors (Lipinski definition) is 1. The predicted molar refractivity (Wildman–Crippen MR) is 116 cm³/mol. The third-order valence-electron chi connectivity index (χ3n) is 3.92. The molecule has 0 radical (unpaired) electrons. The zero-order valence-electron chi connectivity index (χ0n) is 15.5. The van der Waals surface area contributed by atoms with E-state index in [0.717, 1.165) is 5.56 Å². The molecule has 0 saturated carbocycles. The predicted octanol–water partition coefficient (Wildman–Crippen LogP) is 5.03. The molecule has 0 aliphatic rings. The van der Waals surface area contributed by atoms with Crippen molar-refractivity contribution in [1.82, 2.24) is 5.32 Å². The second kappa shape index (κ2) is 10.0. The fraction of sp³-hybridized carbons (Fsp3) is 0.136. The molecule has 0 amide bonds. The van der Waals surface area contributed by atoms with E-state index in [0.29, 0.717) is 26.3 Å². The summed E-state index contributed by atoms with van der Waals surface area (Å²) in [5.74, 6) is 1.83. The molecular formula is C22H19BrClNO3. The molecule has 2 rings (SSSR count). The third kappa shape index (κ3) is 4.78. The zero-order chi connectivity index (χ0) is 20.7. The number of carbonyl (C=O) groups excluding carboxylic acids is 1. The van der Waals surface area contributed by atoms with E-state index in [1.165, 1.54) is 7.11 Å². The van der Waals surface area contributed by atoms with Gasteiger partial charge in [0, 0.05) is 28.3 Å². The quantitative estimate of drug-likeness (QED) is 0.273. The maximum Gasteiger partial charge on any atom is 0.350 e. The SMILES string of the molecule is C#C/C(C(=O)OC)=C(/OCc1ccccc1)c1c(Cl)ccc(Br)c1C(=C)NC. The summed E-state index contributed by atoms with van der Waals surface area (Å²) in [5.41, 5.74) is 2.50. The van der Waals surface area contributed by atoms with Crippen LogP contribution >= 0.6 is 27.5 Å². The highest BCUT2D eigenvalue weighted by Gasteiger charge is 2.25. The van der Waals surface area contributed by atoms with E-state index in [1.54, 1.807) is 19.2 Å². The van der Waals surface area contributed by atoms with Crippen molar-refractivity contribution >= 4 is 45.0 Å². The Balaban J connectivity index is 2.71. The molecular weight excluding hydrogens is 442 g/mol. The molecule has 0 aromatic heterocycles. The Bertz CT molecular complexity index is 962. The first-order valence-electron chi connectivity index (χ1n) is 8.25.